The van der Waals surface area contributed by atoms with Gasteiger partial charge in [0.15, 0.2) is 0 Å². The summed E-state index contributed by atoms with van der Waals surface area (Å²) in [6, 6.07) is 0.664. The molecule has 4 unspecified atom stereocenters. The summed E-state index contributed by atoms with van der Waals surface area (Å²) in [7, 11) is 0. The molecular formula is C15H30N2O. The number of hydrogen-bond acceptors (Lipinski definition) is 3. The number of fused-ring (bicyclic) bond motifs is 2. The van der Waals surface area contributed by atoms with Crippen molar-refractivity contribution in [1.29, 1.82) is 0 Å². The molecule has 0 spiro atoms. The maximum atomic E-state index is 5.91. The minimum Gasteiger partial charge on any atom is -0.372 e. The average Bonchev–Trinajstić information content (AvgIpc) is 2.66. The van der Waals surface area contributed by atoms with Crippen LogP contribution in [0.5, 0.6) is 0 Å². The Morgan fingerprint density at radius 1 is 1.06 bits per heavy atom. The second-order valence-corrected chi connectivity index (χ2v) is 6.68. The topological polar surface area (TPSA) is 24.5 Å². The van der Waals surface area contributed by atoms with E-state index in [2.05, 4.69) is 37.9 Å². The molecule has 2 aliphatic rings. The van der Waals surface area contributed by atoms with E-state index >= 15 is 0 Å². The second-order valence-electron chi connectivity index (χ2n) is 6.68. The lowest BCUT2D eigenvalue weighted by Crippen LogP contribution is -2.50. The Balaban J connectivity index is 1.74. The number of morpholine rings is 1. The van der Waals surface area contributed by atoms with E-state index in [0.717, 1.165) is 32.1 Å². The maximum absolute atomic E-state index is 5.91. The summed E-state index contributed by atoms with van der Waals surface area (Å²) in [5.74, 6) is 1.45. The summed E-state index contributed by atoms with van der Waals surface area (Å²) in [5, 5.41) is 3.58. The highest BCUT2D eigenvalue weighted by Crippen LogP contribution is 2.28. The summed E-state index contributed by atoms with van der Waals surface area (Å²) in [4.78, 5) is 2.65. The first-order valence-electron chi connectivity index (χ1n) is 7.66. The molecule has 2 heterocycles. The van der Waals surface area contributed by atoms with E-state index in [-0.39, 0.29) is 0 Å². The summed E-state index contributed by atoms with van der Waals surface area (Å²) < 4.78 is 5.91. The molecule has 0 saturated carbocycles. The average molecular weight is 254 g/mol. The van der Waals surface area contributed by atoms with Crippen LogP contribution in [0.15, 0.2) is 0 Å². The molecule has 0 aromatic rings. The molecule has 2 aliphatic heterocycles. The van der Waals surface area contributed by atoms with Crippen molar-refractivity contribution in [2.45, 2.75) is 58.8 Å². The molecule has 2 saturated heterocycles. The van der Waals surface area contributed by atoms with Crippen LogP contribution in [0.4, 0.5) is 0 Å². The van der Waals surface area contributed by atoms with E-state index in [0.29, 0.717) is 24.2 Å². The number of nitrogens with one attached hydrogen (secondary N) is 1. The minimum absolute atomic E-state index is 0.516. The van der Waals surface area contributed by atoms with Gasteiger partial charge in [-0.15, -0.1) is 0 Å². The summed E-state index contributed by atoms with van der Waals surface area (Å²) in [6.45, 7) is 13.8. The van der Waals surface area contributed by atoms with Crippen LogP contribution in [0, 0.1) is 11.8 Å². The van der Waals surface area contributed by atoms with E-state index in [4.69, 9.17) is 4.74 Å². The molecule has 0 radical (unpaired) electrons. The largest absolute Gasteiger partial charge is 0.372 e. The number of rotatable bonds is 6. The summed E-state index contributed by atoms with van der Waals surface area (Å²) >= 11 is 0. The number of nitrogens with zero attached hydrogens (tertiary/aromatic N) is 1. The Morgan fingerprint density at radius 2 is 1.67 bits per heavy atom. The lowest BCUT2D eigenvalue weighted by atomic mass is 10.0. The third kappa shape index (κ3) is 3.69. The molecule has 0 aliphatic carbocycles. The zero-order chi connectivity index (χ0) is 13.1. The SMILES string of the molecule is CC(C)CNCC(C)C(C)N1CC2CCC(C1)O2. The van der Waals surface area contributed by atoms with Crippen molar-refractivity contribution >= 4 is 0 Å². The van der Waals surface area contributed by atoms with Gasteiger partial charge >= 0.3 is 0 Å². The van der Waals surface area contributed by atoms with Crippen molar-refractivity contribution < 1.29 is 4.74 Å². The Hall–Kier alpha value is -0.120. The fourth-order valence-corrected chi connectivity index (χ4v) is 3.11. The number of ether oxygens (including phenoxy) is 1. The van der Waals surface area contributed by atoms with Crippen LogP contribution < -0.4 is 5.32 Å². The zero-order valence-corrected chi connectivity index (χ0v) is 12.5. The smallest absolute Gasteiger partial charge is 0.0707 e. The highest BCUT2D eigenvalue weighted by molar-refractivity contribution is 4.88. The molecule has 3 heteroatoms. The molecule has 0 aromatic carbocycles. The molecule has 106 valence electrons. The summed E-state index contributed by atoms with van der Waals surface area (Å²) in [5.41, 5.74) is 0. The van der Waals surface area contributed by atoms with Crippen LogP contribution in [0.2, 0.25) is 0 Å². The van der Waals surface area contributed by atoms with Crippen LogP contribution in [-0.2, 0) is 4.74 Å². The molecule has 2 bridgehead atoms. The molecule has 3 nitrogen and oxygen atoms in total. The van der Waals surface area contributed by atoms with Crippen molar-refractivity contribution in [3.63, 3.8) is 0 Å². The van der Waals surface area contributed by atoms with Crippen molar-refractivity contribution in [2.24, 2.45) is 11.8 Å². The van der Waals surface area contributed by atoms with Crippen molar-refractivity contribution in [3.05, 3.63) is 0 Å². The van der Waals surface area contributed by atoms with Crippen LogP contribution in [-0.4, -0.2) is 49.3 Å². The molecule has 0 amide bonds. The standard InChI is InChI=1S/C15H30N2O/c1-11(2)7-16-8-12(3)13(4)17-9-14-5-6-15(10-17)18-14/h11-16H,5-10H2,1-4H3. The van der Waals surface area contributed by atoms with E-state index in [1.807, 2.05) is 0 Å². The minimum atomic E-state index is 0.516. The molecule has 2 rings (SSSR count). The van der Waals surface area contributed by atoms with Crippen molar-refractivity contribution in [1.82, 2.24) is 10.2 Å². The van der Waals surface area contributed by atoms with Crippen LogP contribution in [0.25, 0.3) is 0 Å². The molecule has 2 fully saturated rings. The van der Waals surface area contributed by atoms with E-state index in [1.54, 1.807) is 0 Å². The van der Waals surface area contributed by atoms with Gasteiger partial charge in [0.25, 0.3) is 0 Å². The highest BCUT2D eigenvalue weighted by Gasteiger charge is 2.36. The number of likely N-dealkylation sites (tertiary alicyclic amines) is 1. The maximum Gasteiger partial charge on any atom is 0.0707 e. The summed E-state index contributed by atoms with van der Waals surface area (Å²) in [6.07, 6.45) is 3.57. The Bertz CT molecular complexity index is 245. The lowest BCUT2D eigenvalue weighted by molar-refractivity contribution is -0.0569. The second kappa shape index (κ2) is 6.36. The van der Waals surface area contributed by atoms with Gasteiger partial charge in [-0.3, -0.25) is 4.90 Å². The molecule has 1 N–H and O–H groups in total. The van der Waals surface area contributed by atoms with Gasteiger partial charge in [0, 0.05) is 19.1 Å². The van der Waals surface area contributed by atoms with Crippen molar-refractivity contribution in [3.8, 4) is 0 Å². The zero-order valence-electron chi connectivity index (χ0n) is 12.5. The van der Waals surface area contributed by atoms with Gasteiger partial charge in [0.05, 0.1) is 12.2 Å². The van der Waals surface area contributed by atoms with E-state index in [9.17, 15) is 0 Å². The van der Waals surface area contributed by atoms with Gasteiger partial charge in [-0.2, -0.15) is 0 Å². The third-order valence-corrected chi connectivity index (χ3v) is 4.49. The van der Waals surface area contributed by atoms with Crippen LogP contribution in [0.1, 0.15) is 40.5 Å². The molecular weight excluding hydrogens is 224 g/mol. The Morgan fingerprint density at radius 3 is 2.22 bits per heavy atom. The highest BCUT2D eigenvalue weighted by atomic mass is 16.5. The third-order valence-electron chi connectivity index (χ3n) is 4.49. The predicted molar refractivity (Wildman–Crippen MR) is 75.8 cm³/mol. The van der Waals surface area contributed by atoms with Gasteiger partial charge in [-0.05, 0) is 44.7 Å². The van der Waals surface area contributed by atoms with Crippen molar-refractivity contribution in [2.75, 3.05) is 26.2 Å². The Labute approximate surface area is 112 Å². The monoisotopic (exact) mass is 254 g/mol. The molecule has 4 atom stereocenters. The first-order valence-corrected chi connectivity index (χ1v) is 7.66. The fraction of sp³-hybridized carbons (Fsp3) is 1.00. The van der Waals surface area contributed by atoms with Gasteiger partial charge < -0.3 is 10.1 Å². The first-order chi connectivity index (χ1) is 8.56. The molecule has 18 heavy (non-hydrogen) atoms. The normalized spacial score (nSPS) is 31.8. The van der Waals surface area contributed by atoms with Gasteiger partial charge in [0.2, 0.25) is 0 Å². The quantitative estimate of drug-likeness (QED) is 0.786. The van der Waals surface area contributed by atoms with E-state index in [1.165, 1.54) is 12.8 Å². The van der Waals surface area contributed by atoms with Crippen LogP contribution >= 0.6 is 0 Å². The van der Waals surface area contributed by atoms with Crippen LogP contribution in [0.3, 0.4) is 0 Å². The fourth-order valence-electron chi connectivity index (χ4n) is 3.11. The Kier molecular flexibility index (Phi) is 5.05. The lowest BCUT2D eigenvalue weighted by Gasteiger charge is -2.39. The van der Waals surface area contributed by atoms with E-state index < -0.39 is 0 Å². The molecule has 0 aromatic heterocycles. The van der Waals surface area contributed by atoms with Gasteiger partial charge in [-0.1, -0.05) is 20.8 Å². The predicted octanol–water partition coefficient (Wildman–Crippen LogP) is 2.12. The van der Waals surface area contributed by atoms with Gasteiger partial charge in [0.1, 0.15) is 0 Å². The van der Waals surface area contributed by atoms with Gasteiger partial charge in [-0.25, -0.2) is 0 Å². The number of hydrogen-bond donors (Lipinski definition) is 1. The first kappa shape index (κ1) is 14.3.